The van der Waals surface area contributed by atoms with Crippen molar-refractivity contribution < 1.29 is 9.59 Å². The van der Waals surface area contributed by atoms with E-state index in [-0.39, 0.29) is 11.8 Å². The van der Waals surface area contributed by atoms with Gasteiger partial charge < -0.3 is 10.6 Å². The van der Waals surface area contributed by atoms with E-state index in [1.165, 1.54) is 10.0 Å². The molecule has 4 aromatic rings. The molecule has 10 heteroatoms. The topological polar surface area (TPSA) is 89.4 Å². The van der Waals surface area contributed by atoms with Crippen LogP contribution in [0.2, 0.25) is 0 Å². The van der Waals surface area contributed by atoms with Gasteiger partial charge in [-0.1, -0.05) is 56.1 Å². The zero-order chi connectivity index (χ0) is 30.8. The van der Waals surface area contributed by atoms with Gasteiger partial charge in [-0.3, -0.25) is 9.59 Å². The van der Waals surface area contributed by atoms with Gasteiger partial charge in [0.1, 0.15) is 0 Å². The van der Waals surface area contributed by atoms with Gasteiger partial charge in [-0.25, -0.2) is 0 Å². The summed E-state index contributed by atoms with van der Waals surface area (Å²) < 4.78 is 1.87. The predicted molar refractivity (Wildman–Crippen MR) is 185 cm³/mol. The summed E-state index contributed by atoms with van der Waals surface area (Å²) in [6, 6.07) is 30.8. The zero-order valence-electron chi connectivity index (χ0n) is 23.8. The minimum absolute atomic E-state index is 0.181. The monoisotopic (exact) mass is 708 g/mol. The number of hydrogen-bond donors (Lipinski definition) is 2. The zero-order valence-corrected chi connectivity index (χ0v) is 26.9. The van der Waals surface area contributed by atoms with Gasteiger partial charge in [0.15, 0.2) is 0 Å². The second-order valence-corrected chi connectivity index (χ2v) is 11.9. The maximum Gasteiger partial charge on any atom is 0.282 e. The third-order valence-corrected chi connectivity index (χ3v) is 8.19. The van der Waals surface area contributed by atoms with Crippen molar-refractivity contribution >= 4 is 77.8 Å². The molecule has 0 aromatic heterocycles. The Bertz CT molecular complexity index is 1720. The number of halogens is 2. The molecule has 44 heavy (non-hydrogen) atoms. The Kier molecular flexibility index (Phi) is 8.28. The van der Waals surface area contributed by atoms with Crippen molar-refractivity contribution in [2.24, 2.45) is 10.2 Å². The highest BCUT2D eigenvalue weighted by atomic mass is 79.9. The first-order chi connectivity index (χ1) is 21.3. The van der Waals surface area contributed by atoms with Gasteiger partial charge >= 0.3 is 0 Å². The Morgan fingerprint density at radius 3 is 1.23 bits per heavy atom. The number of nitrogens with one attached hydrogen (secondary N) is 2. The Labute approximate surface area is 271 Å². The number of rotatable bonds is 7. The molecule has 0 saturated heterocycles. The number of carbonyl (C=O) groups excluding carboxylic acids is 2. The van der Waals surface area contributed by atoms with E-state index < -0.39 is 0 Å². The third kappa shape index (κ3) is 6.13. The quantitative estimate of drug-likeness (QED) is 0.189. The molecule has 218 valence electrons. The van der Waals surface area contributed by atoms with Gasteiger partial charge in [0, 0.05) is 32.7 Å². The van der Waals surface area contributed by atoms with Crippen molar-refractivity contribution in [2.45, 2.75) is 13.8 Å². The van der Waals surface area contributed by atoms with Crippen LogP contribution in [0.3, 0.4) is 0 Å². The molecule has 0 atom stereocenters. The molecule has 6 rings (SSSR count). The molecule has 2 amide bonds. The van der Waals surface area contributed by atoms with Crippen LogP contribution in [0.15, 0.2) is 140 Å². The molecule has 4 aromatic carbocycles. The molecule has 0 bridgehead atoms. The van der Waals surface area contributed by atoms with E-state index in [1.807, 2.05) is 111 Å². The summed E-state index contributed by atoms with van der Waals surface area (Å²) in [4.78, 5) is 26.0. The molecule has 2 heterocycles. The van der Waals surface area contributed by atoms with Crippen LogP contribution in [-0.2, 0) is 9.59 Å². The van der Waals surface area contributed by atoms with Crippen LogP contribution >= 0.6 is 31.9 Å². The molecular formula is C34H26Br2N6O2. The second-order valence-electron chi connectivity index (χ2n) is 10.1. The van der Waals surface area contributed by atoms with Crippen molar-refractivity contribution in [1.82, 2.24) is 0 Å². The van der Waals surface area contributed by atoms with Crippen LogP contribution < -0.4 is 20.7 Å². The molecule has 0 spiro atoms. The number of benzene rings is 4. The molecule has 0 saturated carbocycles. The van der Waals surface area contributed by atoms with Crippen molar-refractivity contribution in [3.63, 3.8) is 0 Å². The highest BCUT2D eigenvalue weighted by Gasteiger charge is 2.29. The summed E-state index contributed by atoms with van der Waals surface area (Å²) in [7, 11) is 0. The van der Waals surface area contributed by atoms with E-state index >= 15 is 0 Å². The summed E-state index contributed by atoms with van der Waals surface area (Å²) in [6.07, 6.45) is 3.40. The maximum absolute atomic E-state index is 13.0. The number of hydrazone groups is 2. The van der Waals surface area contributed by atoms with Crippen molar-refractivity contribution in [1.29, 1.82) is 0 Å². The van der Waals surface area contributed by atoms with E-state index in [9.17, 15) is 9.59 Å². The van der Waals surface area contributed by atoms with Crippen LogP contribution in [0.25, 0.3) is 11.1 Å². The first-order valence-corrected chi connectivity index (χ1v) is 15.3. The molecule has 2 N–H and O–H groups in total. The van der Waals surface area contributed by atoms with E-state index in [0.717, 1.165) is 31.4 Å². The second kappa shape index (κ2) is 12.4. The largest absolute Gasteiger partial charge is 0.361 e. The van der Waals surface area contributed by atoms with Crippen molar-refractivity contribution in [3.05, 3.63) is 130 Å². The molecule has 0 radical (unpaired) electrons. The van der Waals surface area contributed by atoms with Crippen LogP contribution in [0, 0.1) is 0 Å². The Morgan fingerprint density at radius 2 is 0.886 bits per heavy atom. The fourth-order valence-corrected chi connectivity index (χ4v) is 5.24. The maximum atomic E-state index is 13.0. The van der Waals surface area contributed by atoms with Gasteiger partial charge in [0.05, 0.1) is 33.9 Å². The van der Waals surface area contributed by atoms with Crippen molar-refractivity contribution in [3.8, 4) is 11.1 Å². The Balaban J connectivity index is 1.08. The SMILES string of the molecule is CC1=NN(c2ccc(Br)cc2)C(=O)/C1=C/Nc1ccc(-c2ccc(N/C=C3/C(=O)N(c4ccc(Br)cc4)N=C3C)cc2)cc1. The van der Waals surface area contributed by atoms with Gasteiger partial charge in [-0.15, -0.1) is 0 Å². The third-order valence-electron chi connectivity index (χ3n) is 7.14. The van der Waals surface area contributed by atoms with E-state index in [0.29, 0.717) is 33.9 Å². The normalized spacial score (nSPS) is 16.5. The van der Waals surface area contributed by atoms with Gasteiger partial charge in [0.25, 0.3) is 11.8 Å². The standard InChI is InChI=1S/C34H26Br2N6O2/c1-21-31(33(43)41(39-21)29-15-7-25(35)8-16-29)19-37-27-11-3-23(4-12-27)24-5-13-28(14-6-24)38-20-32-22(2)40-42(34(32)44)30-17-9-26(36)10-18-30/h3-20,37-38H,1-2H3/b31-19+,32-20+. The van der Waals surface area contributed by atoms with Gasteiger partial charge in [0.2, 0.25) is 0 Å². The number of anilines is 4. The smallest absolute Gasteiger partial charge is 0.282 e. The average Bonchev–Trinajstić information content (AvgIpc) is 3.48. The molecule has 0 aliphatic carbocycles. The average molecular weight is 710 g/mol. The Morgan fingerprint density at radius 1 is 0.545 bits per heavy atom. The fourth-order valence-electron chi connectivity index (χ4n) is 4.71. The summed E-state index contributed by atoms with van der Waals surface area (Å²) in [6.45, 7) is 3.64. The van der Waals surface area contributed by atoms with Crippen molar-refractivity contribution in [2.75, 3.05) is 20.7 Å². The summed E-state index contributed by atoms with van der Waals surface area (Å²) in [5, 5.41) is 18.1. The highest BCUT2D eigenvalue weighted by Crippen LogP contribution is 2.28. The van der Waals surface area contributed by atoms with Gasteiger partial charge in [-0.2, -0.15) is 20.2 Å². The number of hydrogen-bond acceptors (Lipinski definition) is 6. The van der Waals surface area contributed by atoms with Crippen LogP contribution in [-0.4, -0.2) is 23.2 Å². The van der Waals surface area contributed by atoms with Crippen LogP contribution in [0.4, 0.5) is 22.7 Å². The van der Waals surface area contributed by atoms with Gasteiger partial charge in [-0.05, 0) is 97.8 Å². The highest BCUT2D eigenvalue weighted by molar-refractivity contribution is 9.10. The summed E-state index contributed by atoms with van der Waals surface area (Å²) in [5.74, 6) is -0.361. The minimum atomic E-state index is -0.181. The fraction of sp³-hybridized carbons (Fsp3) is 0.0588. The Hall–Kier alpha value is -4.80. The summed E-state index contributed by atoms with van der Waals surface area (Å²) >= 11 is 6.83. The van der Waals surface area contributed by atoms with E-state index in [4.69, 9.17) is 0 Å². The number of carbonyl (C=O) groups is 2. The van der Waals surface area contributed by atoms with Crippen LogP contribution in [0.5, 0.6) is 0 Å². The first-order valence-electron chi connectivity index (χ1n) is 13.7. The molecular weight excluding hydrogens is 684 g/mol. The van der Waals surface area contributed by atoms with E-state index in [1.54, 1.807) is 12.4 Å². The molecule has 0 unspecified atom stereocenters. The summed E-state index contributed by atoms with van der Waals surface area (Å²) in [5.41, 5.74) is 7.53. The molecule has 2 aliphatic rings. The number of amides is 2. The number of nitrogens with zero attached hydrogens (tertiary/aromatic N) is 4. The molecule has 2 aliphatic heterocycles. The lowest BCUT2D eigenvalue weighted by Gasteiger charge is -2.12. The molecule has 8 nitrogen and oxygen atoms in total. The minimum Gasteiger partial charge on any atom is -0.361 e. The predicted octanol–water partition coefficient (Wildman–Crippen LogP) is 8.32. The lowest BCUT2D eigenvalue weighted by atomic mass is 10.0. The lowest BCUT2D eigenvalue weighted by Crippen LogP contribution is -2.21. The van der Waals surface area contributed by atoms with E-state index in [2.05, 4.69) is 52.7 Å². The first kappa shape index (κ1) is 29.3. The lowest BCUT2D eigenvalue weighted by molar-refractivity contribution is -0.115. The molecule has 0 fully saturated rings. The van der Waals surface area contributed by atoms with Crippen LogP contribution in [0.1, 0.15) is 13.8 Å².